The first-order valence-electron chi connectivity index (χ1n) is 5.66. The van der Waals surface area contributed by atoms with Crippen molar-refractivity contribution in [2.45, 2.75) is 31.7 Å². The predicted octanol–water partition coefficient (Wildman–Crippen LogP) is -1.44. The number of aliphatic carboxylic acids is 1. The lowest BCUT2D eigenvalue weighted by molar-refractivity contribution is -0.317. The molecule has 20 heavy (non-hydrogen) atoms. The first-order valence-corrected chi connectivity index (χ1v) is 5.66. The van der Waals surface area contributed by atoms with Crippen LogP contribution in [0.15, 0.2) is 20.9 Å². The largest absolute Gasteiger partial charge is 0.547 e. The standard InChI is InChI=1S/C10H11N5O5/c1-4-3-15(10(19)12-8(4)16)6-2-5(13-14-11)7(20-6)9(17)18/h3,5-7H,2H2,1H3,(H,17,18)(H,12,16,19)/p-1/t5-,6-,7+/m0/s1. The van der Waals surface area contributed by atoms with Gasteiger partial charge < -0.3 is 14.6 Å². The lowest BCUT2D eigenvalue weighted by Gasteiger charge is -2.17. The topological polar surface area (TPSA) is 153 Å². The Labute approximate surface area is 111 Å². The molecule has 2 rings (SSSR count). The molecule has 0 spiro atoms. The Hall–Kier alpha value is -2.58. The van der Waals surface area contributed by atoms with Crippen molar-refractivity contribution in [1.82, 2.24) is 9.55 Å². The molecule has 1 aliphatic heterocycles. The van der Waals surface area contributed by atoms with Crippen LogP contribution in [0.5, 0.6) is 0 Å². The highest BCUT2D eigenvalue weighted by molar-refractivity contribution is 5.71. The van der Waals surface area contributed by atoms with Crippen LogP contribution in [-0.4, -0.2) is 27.7 Å². The van der Waals surface area contributed by atoms with Crippen molar-refractivity contribution in [2.75, 3.05) is 0 Å². The van der Waals surface area contributed by atoms with Gasteiger partial charge in [0.15, 0.2) is 0 Å². The molecule has 0 radical (unpaired) electrons. The molecule has 1 N–H and O–H groups in total. The van der Waals surface area contributed by atoms with Gasteiger partial charge >= 0.3 is 5.69 Å². The highest BCUT2D eigenvalue weighted by Gasteiger charge is 2.37. The second-order valence-corrected chi connectivity index (χ2v) is 4.32. The summed E-state index contributed by atoms with van der Waals surface area (Å²) in [5.74, 6) is -1.53. The number of nitrogens with zero attached hydrogens (tertiary/aromatic N) is 4. The molecule has 1 aromatic rings. The molecule has 10 heteroatoms. The summed E-state index contributed by atoms with van der Waals surface area (Å²) in [4.78, 5) is 38.5. The van der Waals surface area contributed by atoms with Gasteiger partial charge in [-0.05, 0) is 12.5 Å². The quantitative estimate of drug-likeness (QED) is 0.408. The van der Waals surface area contributed by atoms with Gasteiger partial charge in [-0.1, -0.05) is 5.11 Å². The van der Waals surface area contributed by atoms with E-state index in [0.717, 1.165) is 4.57 Å². The van der Waals surface area contributed by atoms with E-state index in [4.69, 9.17) is 10.3 Å². The summed E-state index contributed by atoms with van der Waals surface area (Å²) in [6, 6.07) is -0.978. The molecule has 0 bridgehead atoms. The lowest BCUT2D eigenvalue weighted by Crippen LogP contribution is -2.41. The number of carbonyl (C=O) groups excluding carboxylic acids is 1. The molecular weight excluding hydrogens is 270 g/mol. The molecular formula is C10H10N5O5-. The molecule has 0 aromatic carbocycles. The molecule has 0 amide bonds. The Morgan fingerprint density at radius 2 is 2.35 bits per heavy atom. The number of carboxylic acids is 1. The van der Waals surface area contributed by atoms with Gasteiger partial charge in [0, 0.05) is 23.1 Å². The number of carboxylic acid groups (broad SMARTS) is 1. The number of nitrogens with one attached hydrogen (secondary N) is 1. The van der Waals surface area contributed by atoms with E-state index in [1.54, 1.807) is 0 Å². The van der Waals surface area contributed by atoms with Crippen molar-refractivity contribution in [3.8, 4) is 0 Å². The van der Waals surface area contributed by atoms with E-state index in [-0.39, 0.29) is 12.0 Å². The van der Waals surface area contributed by atoms with Crippen LogP contribution in [-0.2, 0) is 9.53 Å². The minimum absolute atomic E-state index is 0.00586. The summed E-state index contributed by atoms with van der Waals surface area (Å²) in [5, 5.41) is 14.2. The molecule has 0 saturated carbocycles. The van der Waals surface area contributed by atoms with E-state index < -0.39 is 35.6 Å². The number of aryl methyl sites for hydroxylation is 1. The lowest BCUT2D eigenvalue weighted by atomic mass is 10.1. The maximum absolute atomic E-state index is 11.7. The minimum Gasteiger partial charge on any atom is -0.547 e. The second kappa shape index (κ2) is 5.19. The number of aromatic nitrogens is 2. The van der Waals surface area contributed by atoms with E-state index in [0.29, 0.717) is 0 Å². The molecule has 1 fully saturated rings. The molecule has 3 atom stereocenters. The van der Waals surface area contributed by atoms with Crippen LogP contribution in [0.1, 0.15) is 18.2 Å². The van der Waals surface area contributed by atoms with E-state index in [2.05, 4.69) is 15.0 Å². The average molecular weight is 280 g/mol. The average Bonchev–Trinajstić information content (AvgIpc) is 2.78. The predicted molar refractivity (Wildman–Crippen MR) is 62.5 cm³/mol. The van der Waals surface area contributed by atoms with Crippen molar-refractivity contribution >= 4 is 5.97 Å². The Morgan fingerprint density at radius 3 is 2.95 bits per heavy atom. The number of ether oxygens (including phenoxy) is 1. The molecule has 1 aliphatic rings. The van der Waals surface area contributed by atoms with Crippen LogP contribution >= 0.6 is 0 Å². The van der Waals surface area contributed by atoms with Crippen molar-refractivity contribution in [3.63, 3.8) is 0 Å². The smallest absolute Gasteiger partial charge is 0.330 e. The summed E-state index contributed by atoms with van der Waals surface area (Å²) in [7, 11) is 0. The van der Waals surface area contributed by atoms with Gasteiger partial charge in [-0.3, -0.25) is 14.3 Å². The first-order chi connectivity index (χ1) is 9.43. The van der Waals surface area contributed by atoms with Gasteiger partial charge in [0.2, 0.25) is 0 Å². The molecule has 1 saturated heterocycles. The van der Waals surface area contributed by atoms with E-state index >= 15 is 0 Å². The zero-order chi connectivity index (χ0) is 14.9. The van der Waals surface area contributed by atoms with Crippen molar-refractivity contribution < 1.29 is 14.6 Å². The van der Waals surface area contributed by atoms with Crippen LogP contribution in [0.2, 0.25) is 0 Å². The third-order valence-corrected chi connectivity index (χ3v) is 2.98. The maximum atomic E-state index is 11.7. The Morgan fingerprint density at radius 1 is 1.65 bits per heavy atom. The van der Waals surface area contributed by atoms with Crippen LogP contribution in [0.25, 0.3) is 10.4 Å². The highest BCUT2D eigenvalue weighted by Crippen LogP contribution is 2.29. The Kier molecular flexibility index (Phi) is 3.59. The van der Waals surface area contributed by atoms with E-state index in [1.807, 2.05) is 0 Å². The molecule has 0 unspecified atom stereocenters. The van der Waals surface area contributed by atoms with Crippen LogP contribution in [0.3, 0.4) is 0 Å². The summed E-state index contributed by atoms with van der Waals surface area (Å²) in [5.41, 5.74) is 7.39. The molecule has 1 aromatic heterocycles. The van der Waals surface area contributed by atoms with Gasteiger partial charge in [-0.15, -0.1) is 0 Å². The van der Waals surface area contributed by atoms with Gasteiger partial charge in [0.05, 0.1) is 12.0 Å². The fourth-order valence-electron chi connectivity index (χ4n) is 2.01. The monoisotopic (exact) mass is 280 g/mol. The zero-order valence-electron chi connectivity index (χ0n) is 10.3. The van der Waals surface area contributed by atoms with Crippen molar-refractivity contribution in [3.05, 3.63) is 43.0 Å². The van der Waals surface area contributed by atoms with Crippen LogP contribution < -0.4 is 16.4 Å². The summed E-state index contributed by atoms with van der Waals surface area (Å²) >= 11 is 0. The molecule has 10 nitrogen and oxygen atoms in total. The number of hydrogen-bond donors (Lipinski definition) is 1. The minimum atomic E-state index is -1.53. The molecule has 0 aliphatic carbocycles. The van der Waals surface area contributed by atoms with E-state index in [1.165, 1.54) is 13.1 Å². The number of H-pyrrole nitrogens is 1. The zero-order valence-corrected chi connectivity index (χ0v) is 10.3. The number of rotatable bonds is 3. The summed E-state index contributed by atoms with van der Waals surface area (Å²) < 4.78 is 6.22. The van der Waals surface area contributed by atoms with Gasteiger partial charge in [-0.2, -0.15) is 0 Å². The maximum Gasteiger partial charge on any atom is 0.330 e. The third-order valence-electron chi connectivity index (χ3n) is 2.98. The van der Waals surface area contributed by atoms with E-state index in [9.17, 15) is 19.5 Å². The third kappa shape index (κ3) is 2.42. The second-order valence-electron chi connectivity index (χ2n) is 4.32. The fourth-order valence-corrected chi connectivity index (χ4v) is 2.01. The number of hydrogen-bond acceptors (Lipinski definition) is 6. The summed E-state index contributed by atoms with van der Waals surface area (Å²) in [6.07, 6.45) is -1.13. The van der Waals surface area contributed by atoms with Gasteiger partial charge in [0.25, 0.3) is 5.56 Å². The number of azide groups is 1. The van der Waals surface area contributed by atoms with Gasteiger partial charge in [0.1, 0.15) is 12.3 Å². The molecule has 106 valence electrons. The normalized spacial score (nSPS) is 25.1. The van der Waals surface area contributed by atoms with Crippen molar-refractivity contribution in [2.24, 2.45) is 5.11 Å². The summed E-state index contributed by atoms with van der Waals surface area (Å²) in [6.45, 7) is 1.49. The fraction of sp³-hybridized carbons (Fsp3) is 0.500. The number of carbonyl (C=O) groups is 1. The Bertz CT molecular complexity index is 691. The van der Waals surface area contributed by atoms with Crippen molar-refractivity contribution in [1.29, 1.82) is 0 Å². The van der Waals surface area contributed by atoms with Crippen LogP contribution in [0, 0.1) is 6.92 Å². The van der Waals surface area contributed by atoms with Crippen LogP contribution in [0.4, 0.5) is 0 Å². The Balaban J connectivity index is 2.38. The highest BCUT2D eigenvalue weighted by atomic mass is 16.5. The number of aromatic amines is 1. The van der Waals surface area contributed by atoms with Gasteiger partial charge in [-0.25, -0.2) is 4.79 Å². The molecule has 2 heterocycles. The first kappa shape index (κ1) is 13.8. The SMILES string of the molecule is Cc1cn([C@@H]2C[C@H](N=[N+]=[N-])[C@H](C(=O)[O-])O2)c(=O)[nH]c1=O.